The highest BCUT2D eigenvalue weighted by molar-refractivity contribution is 7.80. The predicted molar refractivity (Wildman–Crippen MR) is 116 cm³/mol. The molecule has 142 valence electrons. The number of benzene rings is 2. The predicted octanol–water partition coefficient (Wildman–Crippen LogP) is 3.76. The number of aliphatic hydroxyl groups is 1. The van der Waals surface area contributed by atoms with Crippen molar-refractivity contribution in [2.75, 3.05) is 4.90 Å². The number of nitrogens with one attached hydrogen (secondary N) is 1. The third-order valence-electron chi connectivity index (χ3n) is 5.04. The minimum Gasteiger partial charge on any atom is -0.369 e. The molecule has 1 amide bonds. The van der Waals surface area contributed by atoms with Crippen molar-refractivity contribution >= 4 is 57.5 Å². The fraction of sp³-hybridized carbons (Fsp3) is 0.143. The lowest BCUT2D eigenvalue weighted by atomic mass is 10.0. The quantitative estimate of drug-likeness (QED) is 0.498. The summed E-state index contributed by atoms with van der Waals surface area (Å²) in [6.45, 7) is 1.99. The molecule has 0 radical (unpaired) electrons. The Morgan fingerprint density at radius 1 is 1.18 bits per heavy atom. The van der Waals surface area contributed by atoms with E-state index in [1.54, 1.807) is 30.3 Å². The Bertz CT molecular complexity index is 1130. The Hall–Kier alpha value is -2.67. The number of fused-ring (bicyclic) bond motifs is 1. The number of halogens is 1. The van der Waals surface area contributed by atoms with Gasteiger partial charge in [-0.3, -0.25) is 9.69 Å². The SMILES string of the molecule is Cc1c(C=C2C(=O)N(c3ccc(Cl)cc3)C(=S)NC2O)c2ccccc2n1C. The first-order valence-electron chi connectivity index (χ1n) is 8.72. The van der Waals surface area contributed by atoms with E-state index in [9.17, 15) is 9.90 Å². The molecule has 28 heavy (non-hydrogen) atoms. The second-order valence-corrected chi connectivity index (χ2v) is 7.47. The molecule has 4 rings (SSSR count). The van der Waals surface area contributed by atoms with Gasteiger partial charge < -0.3 is 15.0 Å². The van der Waals surface area contributed by atoms with Crippen molar-refractivity contribution in [1.82, 2.24) is 9.88 Å². The number of anilines is 1. The van der Waals surface area contributed by atoms with Crippen LogP contribution >= 0.6 is 23.8 Å². The number of rotatable bonds is 2. The minimum absolute atomic E-state index is 0.145. The highest BCUT2D eigenvalue weighted by Gasteiger charge is 2.34. The van der Waals surface area contributed by atoms with E-state index in [0.717, 1.165) is 22.2 Å². The number of nitrogens with zero attached hydrogens (tertiary/aromatic N) is 2. The maximum atomic E-state index is 13.2. The Morgan fingerprint density at radius 3 is 2.57 bits per heavy atom. The number of aromatic nitrogens is 1. The van der Waals surface area contributed by atoms with Crippen LogP contribution in [0.2, 0.25) is 5.02 Å². The van der Waals surface area contributed by atoms with Crippen LogP contribution in [0.15, 0.2) is 54.1 Å². The molecule has 1 aromatic heterocycles. The van der Waals surface area contributed by atoms with Gasteiger partial charge in [0, 0.05) is 34.2 Å². The molecule has 2 aromatic carbocycles. The van der Waals surface area contributed by atoms with Gasteiger partial charge in [0.2, 0.25) is 0 Å². The number of carbonyl (C=O) groups excluding carboxylic acids is 1. The zero-order valence-corrected chi connectivity index (χ0v) is 16.9. The Labute approximate surface area is 172 Å². The van der Waals surface area contributed by atoms with E-state index < -0.39 is 6.23 Å². The monoisotopic (exact) mass is 411 g/mol. The summed E-state index contributed by atoms with van der Waals surface area (Å²) in [6.07, 6.45) is 0.560. The number of hydrogen-bond donors (Lipinski definition) is 2. The maximum Gasteiger partial charge on any atom is 0.265 e. The topological polar surface area (TPSA) is 57.5 Å². The van der Waals surface area contributed by atoms with Gasteiger partial charge in [-0.15, -0.1) is 0 Å². The fourth-order valence-electron chi connectivity index (χ4n) is 3.45. The summed E-state index contributed by atoms with van der Waals surface area (Å²) in [5.74, 6) is -0.370. The zero-order chi connectivity index (χ0) is 20.0. The van der Waals surface area contributed by atoms with E-state index in [1.165, 1.54) is 4.90 Å². The molecule has 0 aliphatic carbocycles. The lowest BCUT2D eigenvalue weighted by molar-refractivity contribution is -0.115. The van der Waals surface area contributed by atoms with E-state index in [2.05, 4.69) is 9.88 Å². The van der Waals surface area contributed by atoms with Gasteiger partial charge in [0.15, 0.2) is 11.3 Å². The molecule has 3 aromatic rings. The molecule has 0 saturated carbocycles. The van der Waals surface area contributed by atoms with Gasteiger partial charge in [-0.05, 0) is 55.5 Å². The molecule has 2 N–H and O–H groups in total. The first-order valence-corrected chi connectivity index (χ1v) is 9.51. The summed E-state index contributed by atoms with van der Waals surface area (Å²) >= 11 is 11.2. The minimum atomic E-state index is -1.18. The van der Waals surface area contributed by atoms with Gasteiger partial charge in [-0.25, -0.2) is 0 Å². The van der Waals surface area contributed by atoms with E-state index in [0.29, 0.717) is 10.7 Å². The smallest absolute Gasteiger partial charge is 0.265 e. The van der Waals surface area contributed by atoms with E-state index in [1.807, 2.05) is 38.2 Å². The largest absolute Gasteiger partial charge is 0.369 e. The van der Waals surface area contributed by atoms with Gasteiger partial charge in [-0.1, -0.05) is 29.8 Å². The summed E-state index contributed by atoms with van der Waals surface area (Å²) in [5.41, 5.74) is 3.76. The molecule has 1 atom stereocenters. The van der Waals surface area contributed by atoms with Crippen molar-refractivity contribution < 1.29 is 9.90 Å². The highest BCUT2D eigenvalue weighted by Crippen LogP contribution is 2.30. The Balaban J connectivity index is 1.83. The number of aliphatic hydroxyl groups excluding tert-OH is 1. The standard InChI is InChI=1S/C21H18ClN3O2S/c1-12-16(15-5-3-4-6-18(15)24(12)2)11-17-19(26)23-21(28)25(20(17)27)14-9-7-13(22)8-10-14/h3-11,19,26H,1-2H3,(H,23,28). The summed E-state index contributed by atoms with van der Waals surface area (Å²) in [6, 6.07) is 14.8. The Kier molecular flexibility index (Phi) is 4.71. The van der Waals surface area contributed by atoms with Crippen molar-refractivity contribution in [3.05, 3.63) is 70.4 Å². The number of thiocarbonyl (C=S) groups is 1. The lowest BCUT2D eigenvalue weighted by Crippen LogP contribution is -2.56. The van der Waals surface area contributed by atoms with E-state index in [-0.39, 0.29) is 16.6 Å². The molecule has 1 saturated heterocycles. The van der Waals surface area contributed by atoms with E-state index in [4.69, 9.17) is 23.8 Å². The van der Waals surface area contributed by atoms with Gasteiger partial charge in [0.1, 0.15) is 0 Å². The summed E-state index contributed by atoms with van der Waals surface area (Å²) < 4.78 is 2.07. The number of hydrogen-bond acceptors (Lipinski definition) is 3. The molecule has 5 nitrogen and oxygen atoms in total. The van der Waals surface area contributed by atoms with Crippen LogP contribution in [0.25, 0.3) is 17.0 Å². The number of carbonyl (C=O) groups is 1. The molecular formula is C21H18ClN3O2S. The first kappa shape index (κ1) is 18.7. The maximum absolute atomic E-state index is 13.2. The third kappa shape index (κ3) is 2.99. The van der Waals surface area contributed by atoms with Crippen molar-refractivity contribution in [2.24, 2.45) is 7.05 Å². The second-order valence-electron chi connectivity index (χ2n) is 6.64. The van der Waals surface area contributed by atoms with Crippen LogP contribution in [-0.2, 0) is 11.8 Å². The van der Waals surface area contributed by atoms with Crippen LogP contribution in [0.1, 0.15) is 11.3 Å². The number of aryl methyl sites for hydroxylation is 1. The van der Waals surface area contributed by atoms with Crippen LogP contribution in [0.5, 0.6) is 0 Å². The van der Waals surface area contributed by atoms with Crippen LogP contribution in [0.4, 0.5) is 5.69 Å². The van der Waals surface area contributed by atoms with Gasteiger partial charge in [0.25, 0.3) is 5.91 Å². The molecule has 1 unspecified atom stereocenters. The van der Waals surface area contributed by atoms with Crippen LogP contribution in [-0.4, -0.2) is 26.9 Å². The average molecular weight is 412 g/mol. The molecule has 0 spiro atoms. The molecule has 7 heteroatoms. The third-order valence-corrected chi connectivity index (χ3v) is 5.59. The molecule has 1 aliphatic rings. The number of amides is 1. The fourth-order valence-corrected chi connectivity index (χ4v) is 3.88. The summed E-state index contributed by atoms with van der Waals surface area (Å²) in [5, 5.41) is 15.0. The highest BCUT2D eigenvalue weighted by atomic mass is 35.5. The Morgan fingerprint density at radius 2 is 1.86 bits per heavy atom. The summed E-state index contributed by atoms with van der Waals surface area (Å²) in [4.78, 5) is 14.6. The van der Waals surface area contributed by atoms with Crippen LogP contribution < -0.4 is 10.2 Å². The zero-order valence-electron chi connectivity index (χ0n) is 15.3. The lowest BCUT2D eigenvalue weighted by Gasteiger charge is -2.33. The van der Waals surface area contributed by atoms with Crippen molar-refractivity contribution in [1.29, 1.82) is 0 Å². The molecular weight excluding hydrogens is 394 g/mol. The summed E-state index contributed by atoms with van der Waals surface area (Å²) in [7, 11) is 1.98. The molecule has 2 heterocycles. The van der Waals surface area contributed by atoms with Crippen LogP contribution in [0, 0.1) is 6.92 Å². The van der Waals surface area contributed by atoms with Crippen molar-refractivity contribution in [2.45, 2.75) is 13.2 Å². The molecule has 1 fully saturated rings. The normalized spacial score (nSPS) is 18.8. The molecule has 0 bridgehead atoms. The van der Waals surface area contributed by atoms with Crippen LogP contribution in [0.3, 0.4) is 0 Å². The second kappa shape index (κ2) is 7.05. The van der Waals surface area contributed by atoms with Gasteiger partial charge in [0.05, 0.1) is 11.3 Å². The van der Waals surface area contributed by atoms with E-state index >= 15 is 0 Å². The van der Waals surface area contributed by atoms with Crippen molar-refractivity contribution in [3.63, 3.8) is 0 Å². The van der Waals surface area contributed by atoms with Crippen molar-refractivity contribution in [3.8, 4) is 0 Å². The number of para-hydroxylation sites is 1. The molecule has 1 aliphatic heterocycles. The van der Waals surface area contributed by atoms with Gasteiger partial charge in [-0.2, -0.15) is 0 Å². The first-order chi connectivity index (χ1) is 13.4. The average Bonchev–Trinajstić information content (AvgIpc) is 2.91. The van der Waals surface area contributed by atoms with Gasteiger partial charge >= 0.3 is 0 Å².